The fourth-order valence-electron chi connectivity index (χ4n) is 3.46. The minimum Gasteiger partial charge on any atom is -0.508 e. The molecule has 3 aromatic rings. The van der Waals surface area contributed by atoms with E-state index in [1.807, 2.05) is 18.2 Å². The van der Waals surface area contributed by atoms with Crippen molar-refractivity contribution in [3.05, 3.63) is 57.2 Å². The summed E-state index contributed by atoms with van der Waals surface area (Å²) in [5, 5.41) is 22.9. The monoisotopic (exact) mass is 444 g/mol. The minimum absolute atomic E-state index is 0.0851. The quantitative estimate of drug-likeness (QED) is 0.269. The first kappa shape index (κ1) is 22.8. The van der Waals surface area contributed by atoms with Crippen LogP contribution in [-0.2, 0) is 17.6 Å². The molecule has 1 heterocycles. The molecule has 0 unspecified atom stereocenters. The standard InChI is InChI=1S/C22H28N4O4S/c23-19(29)8-12-26(11-7-15-2-1-3-17(27)14-15)13-10-24-9-6-16-4-5-18(28)20-21(16)31-22(30)25-20/h1-5,14,24,27-28H,6-13H2,(H2,23,29)(H,25,30). The van der Waals surface area contributed by atoms with Crippen LogP contribution in [-0.4, -0.2) is 58.7 Å². The molecule has 0 spiro atoms. The van der Waals surface area contributed by atoms with Crippen molar-refractivity contribution in [3.63, 3.8) is 0 Å². The van der Waals surface area contributed by atoms with Crippen molar-refractivity contribution >= 4 is 27.5 Å². The van der Waals surface area contributed by atoms with Gasteiger partial charge in [0.2, 0.25) is 5.91 Å². The van der Waals surface area contributed by atoms with Gasteiger partial charge in [-0.25, -0.2) is 0 Å². The minimum atomic E-state index is -0.322. The zero-order valence-corrected chi connectivity index (χ0v) is 18.1. The van der Waals surface area contributed by atoms with Gasteiger partial charge in [-0.3, -0.25) is 9.59 Å². The number of carbonyl (C=O) groups excluding carboxylic acids is 1. The number of aromatic hydroxyl groups is 2. The van der Waals surface area contributed by atoms with Gasteiger partial charge in [-0.2, -0.15) is 0 Å². The molecule has 0 bridgehead atoms. The second-order valence-corrected chi connectivity index (χ2v) is 8.42. The van der Waals surface area contributed by atoms with E-state index in [-0.39, 0.29) is 22.3 Å². The first-order valence-electron chi connectivity index (χ1n) is 10.3. The van der Waals surface area contributed by atoms with Crippen LogP contribution in [0, 0.1) is 0 Å². The highest BCUT2D eigenvalue weighted by molar-refractivity contribution is 7.16. The second-order valence-electron chi connectivity index (χ2n) is 7.44. The Bertz CT molecular complexity index is 1080. The SMILES string of the molecule is NC(=O)CCN(CCNCCc1ccc(O)c2[nH]c(=O)sc12)CCc1cccc(O)c1. The summed E-state index contributed by atoms with van der Waals surface area (Å²) >= 11 is 1.11. The zero-order valence-electron chi connectivity index (χ0n) is 17.3. The summed E-state index contributed by atoms with van der Waals surface area (Å²) in [7, 11) is 0. The Morgan fingerprint density at radius 3 is 2.71 bits per heavy atom. The number of amides is 1. The number of nitrogens with two attached hydrogens (primary N) is 1. The number of phenols is 2. The maximum absolute atomic E-state index is 11.6. The van der Waals surface area contributed by atoms with Crippen LogP contribution in [0.15, 0.2) is 41.2 Å². The van der Waals surface area contributed by atoms with Gasteiger partial charge in [-0.15, -0.1) is 0 Å². The molecule has 8 nitrogen and oxygen atoms in total. The third kappa shape index (κ3) is 6.81. The van der Waals surface area contributed by atoms with Crippen LogP contribution in [0.4, 0.5) is 0 Å². The van der Waals surface area contributed by atoms with E-state index in [1.165, 1.54) is 0 Å². The number of carbonyl (C=O) groups is 1. The molecule has 0 aliphatic rings. The van der Waals surface area contributed by atoms with Gasteiger partial charge in [-0.05, 0) is 48.7 Å². The first-order chi connectivity index (χ1) is 14.9. The number of H-pyrrole nitrogens is 1. The molecule has 0 atom stereocenters. The number of aromatic amines is 1. The topological polar surface area (TPSA) is 132 Å². The molecule has 3 rings (SSSR count). The molecule has 1 amide bonds. The Morgan fingerprint density at radius 2 is 1.94 bits per heavy atom. The Kier molecular flexibility index (Phi) is 8.05. The van der Waals surface area contributed by atoms with Crippen molar-refractivity contribution in [2.75, 3.05) is 32.7 Å². The van der Waals surface area contributed by atoms with Gasteiger partial charge in [0.15, 0.2) is 0 Å². The van der Waals surface area contributed by atoms with E-state index < -0.39 is 0 Å². The largest absolute Gasteiger partial charge is 0.508 e. The molecule has 0 aliphatic heterocycles. The van der Waals surface area contributed by atoms with E-state index in [0.29, 0.717) is 18.5 Å². The number of primary amides is 1. The van der Waals surface area contributed by atoms with Crippen molar-refractivity contribution in [2.45, 2.75) is 19.3 Å². The molecular weight excluding hydrogens is 416 g/mol. The zero-order chi connectivity index (χ0) is 22.2. The summed E-state index contributed by atoms with van der Waals surface area (Å²) in [6.45, 7) is 3.57. The van der Waals surface area contributed by atoms with Gasteiger partial charge in [0.1, 0.15) is 17.0 Å². The third-order valence-electron chi connectivity index (χ3n) is 5.12. The molecule has 0 saturated heterocycles. The van der Waals surface area contributed by atoms with Crippen molar-refractivity contribution in [3.8, 4) is 11.5 Å². The number of benzene rings is 2. The summed E-state index contributed by atoms with van der Waals surface area (Å²) in [6, 6.07) is 10.6. The average Bonchev–Trinajstić information content (AvgIpc) is 3.13. The number of nitrogens with zero attached hydrogens (tertiary/aromatic N) is 1. The van der Waals surface area contributed by atoms with Crippen LogP contribution in [0.2, 0.25) is 0 Å². The number of phenolic OH excluding ortho intramolecular Hbond substituents is 2. The number of hydrogen-bond donors (Lipinski definition) is 5. The van der Waals surface area contributed by atoms with Gasteiger partial charge in [0.05, 0.1) is 4.70 Å². The number of nitrogens with one attached hydrogen (secondary N) is 2. The second kappa shape index (κ2) is 10.9. The number of thiazole rings is 1. The van der Waals surface area contributed by atoms with E-state index in [9.17, 15) is 19.8 Å². The van der Waals surface area contributed by atoms with Gasteiger partial charge in [0, 0.05) is 32.6 Å². The predicted molar refractivity (Wildman–Crippen MR) is 123 cm³/mol. The highest BCUT2D eigenvalue weighted by Crippen LogP contribution is 2.27. The normalized spacial score (nSPS) is 11.4. The predicted octanol–water partition coefficient (Wildman–Crippen LogP) is 1.55. The van der Waals surface area contributed by atoms with Crippen LogP contribution in [0.1, 0.15) is 17.5 Å². The van der Waals surface area contributed by atoms with Gasteiger partial charge in [-0.1, -0.05) is 29.5 Å². The molecule has 0 fully saturated rings. The van der Waals surface area contributed by atoms with E-state index in [0.717, 1.165) is 66.2 Å². The maximum Gasteiger partial charge on any atom is 0.305 e. The highest BCUT2D eigenvalue weighted by Gasteiger charge is 2.10. The van der Waals surface area contributed by atoms with Crippen LogP contribution in [0.3, 0.4) is 0 Å². The lowest BCUT2D eigenvalue weighted by atomic mass is 10.1. The molecule has 0 saturated carbocycles. The Hall–Kier alpha value is -2.88. The Morgan fingerprint density at radius 1 is 1.10 bits per heavy atom. The fourth-order valence-corrected chi connectivity index (χ4v) is 4.36. The van der Waals surface area contributed by atoms with Crippen LogP contribution in [0.5, 0.6) is 11.5 Å². The lowest BCUT2D eigenvalue weighted by Gasteiger charge is -2.22. The molecule has 9 heteroatoms. The fraction of sp³-hybridized carbons (Fsp3) is 0.364. The number of aromatic nitrogens is 1. The summed E-state index contributed by atoms with van der Waals surface area (Å²) in [5.41, 5.74) is 7.86. The molecule has 0 aliphatic carbocycles. The highest BCUT2D eigenvalue weighted by atomic mass is 32.1. The molecule has 31 heavy (non-hydrogen) atoms. The van der Waals surface area contributed by atoms with Crippen molar-refractivity contribution in [1.82, 2.24) is 15.2 Å². The van der Waals surface area contributed by atoms with Crippen LogP contribution in [0.25, 0.3) is 10.2 Å². The molecular formula is C22H28N4O4S. The molecule has 0 radical (unpaired) electrons. The van der Waals surface area contributed by atoms with Crippen LogP contribution < -0.4 is 15.9 Å². The molecule has 6 N–H and O–H groups in total. The number of fused-ring (bicyclic) bond motifs is 1. The van der Waals surface area contributed by atoms with Gasteiger partial charge in [0.25, 0.3) is 0 Å². The first-order valence-corrected chi connectivity index (χ1v) is 11.1. The smallest absolute Gasteiger partial charge is 0.305 e. The lowest BCUT2D eigenvalue weighted by molar-refractivity contribution is -0.118. The molecule has 1 aromatic heterocycles. The van der Waals surface area contributed by atoms with Crippen molar-refractivity contribution in [1.29, 1.82) is 0 Å². The van der Waals surface area contributed by atoms with Crippen molar-refractivity contribution < 1.29 is 15.0 Å². The summed E-state index contributed by atoms with van der Waals surface area (Å²) in [4.78, 5) is 27.5. The van der Waals surface area contributed by atoms with Gasteiger partial charge >= 0.3 is 4.87 Å². The van der Waals surface area contributed by atoms with Crippen molar-refractivity contribution in [2.24, 2.45) is 5.73 Å². The number of hydrogen-bond acceptors (Lipinski definition) is 7. The maximum atomic E-state index is 11.6. The average molecular weight is 445 g/mol. The summed E-state index contributed by atoms with van der Waals surface area (Å²) < 4.78 is 0.793. The van der Waals surface area contributed by atoms with Crippen LogP contribution >= 0.6 is 11.3 Å². The number of rotatable bonds is 12. The Labute approximate surface area is 184 Å². The van der Waals surface area contributed by atoms with E-state index >= 15 is 0 Å². The van der Waals surface area contributed by atoms with E-state index in [1.54, 1.807) is 18.2 Å². The molecule has 166 valence electrons. The molecule has 2 aromatic carbocycles. The Balaban J connectivity index is 1.48. The lowest BCUT2D eigenvalue weighted by Crippen LogP contribution is -2.36. The summed E-state index contributed by atoms with van der Waals surface area (Å²) in [6.07, 6.45) is 1.80. The third-order valence-corrected chi connectivity index (χ3v) is 6.07. The van der Waals surface area contributed by atoms with E-state index in [4.69, 9.17) is 5.73 Å². The van der Waals surface area contributed by atoms with Gasteiger partial charge < -0.3 is 31.1 Å². The van der Waals surface area contributed by atoms with E-state index in [2.05, 4.69) is 15.2 Å². The summed E-state index contributed by atoms with van der Waals surface area (Å²) in [5.74, 6) is 0.0117.